The lowest BCUT2D eigenvalue weighted by atomic mass is 10.5. The van der Waals surface area contributed by atoms with Crippen molar-refractivity contribution in [2.75, 3.05) is 6.61 Å². The van der Waals surface area contributed by atoms with Gasteiger partial charge in [0.25, 0.3) is 0 Å². The molecule has 4 nitrogen and oxygen atoms in total. The van der Waals surface area contributed by atoms with E-state index < -0.39 is 12.3 Å². The van der Waals surface area contributed by atoms with Crippen LogP contribution >= 0.6 is 0 Å². The van der Waals surface area contributed by atoms with Crippen molar-refractivity contribution < 1.29 is 19.7 Å². The second-order valence-electron chi connectivity index (χ2n) is 1.46. The Kier molecular flexibility index (Phi) is 4.00. The van der Waals surface area contributed by atoms with E-state index in [-0.39, 0.29) is 6.61 Å². The van der Waals surface area contributed by atoms with Crippen LogP contribution in [0.2, 0.25) is 0 Å². The fraction of sp³-hybridized carbons (Fsp3) is 0.600. The number of esters is 1. The summed E-state index contributed by atoms with van der Waals surface area (Å²) in [6.45, 7) is 2.02. The highest BCUT2D eigenvalue weighted by Crippen LogP contribution is 1.91. The minimum absolute atomic E-state index is 0.212. The number of carbonyl (C=O) groups excluding carboxylic acids is 1. The van der Waals surface area contributed by atoms with E-state index in [4.69, 9.17) is 10.2 Å². The zero-order valence-electron chi connectivity index (χ0n) is 5.13. The van der Waals surface area contributed by atoms with Crippen LogP contribution in [-0.4, -0.2) is 22.8 Å². The van der Waals surface area contributed by atoms with Crippen LogP contribution in [0.25, 0.3) is 0 Å². The summed E-state index contributed by atoms with van der Waals surface area (Å²) in [5.74, 6) is -1.07. The van der Waals surface area contributed by atoms with E-state index in [1.807, 2.05) is 6.92 Å². The van der Waals surface area contributed by atoms with Crippen molar-refractivity contribution in [3.63, 3.8) is 0 Å². The minimum Gasteiger partial charge on any atom is -0.462 e. The van der Waals surface area contributed by atoms with Crippen LogP contribution in [0.3, 0.4) is 0 Å². The Bertz CT molecular complexity index is 89.0. The third kappa shape index (κ3) is 3.93. The number of hydrogen-bond donors (Lipinski definition) is 2. The van der Waals surface area contributed by atoms with Crippen molar-refractivity contribution in [3.05, 3.63) is 6.29 Å². The normalized spacial score (nSPS) is 9.78. The summed E-state index contributed by atoms with van der Waals surface area (Å²) in [6.07, 6.45) is -0.623. The van der Waals surface area contributed by atoms with E-state index >= 15 is 0 Å². The van der Waals surface area contributed by atoms with Crippen LogP contribution in [0.5, 0.6) is 0 Å². The fourth-order valence-corrected chi connectivity index (χ4v) is 0.259. The number of hydrogen-bond acceptors (Lipinski definition) is 4. The quantitative estimate of drug-likeness (QED) is 0.539. The molecule has 0 amide bonds. The van der Waals surface area contributed by atoms with Gasteiger partial charge in [-0.3, -0.25) is 0 Å². The summed E-state index contributed by atoms with van der Waals surface area (Å²) in [4.78, 5) is 10.1. The van der Waals surface area contributed by atoms with E-state index in [0.29, 0.717) is 6.42 Å². The van der Waals surface area contributed by atoms with Crippen LogP contribution < -0.4 is 0 Å². The molecule has 0 unspecified atom stereocenters. The predicted octanol–water partition coefficient (Wildman–Crippen LogP) is 0.174. The highest BCUT2D eigenvalue weighted by atomic mass is 16.6. The molecule has 0 aromatic carbocycles. The Hall–Kier alpha value is -0.610. The van der Waals surface area contributed by atoms with E-state index in [9.17, 15) is 4.79 Å². The SMILES string of the molecule is CCCOC(=O)[C](O)O. The molecule has 0 saturated heterocycles. The van der Waals surface area contributed by atoms with Gasteiger partial charge in [0.15, 0.2) is 0 Å². The summed E-state index contributed by atoms with van der Waals surface area (Å²) in [6, 6.07) is 0. The second kappa shape index (κ2) is 4.29. The number of carbonyl (C=O) groups is 1. The second-order valence-corrected chi connectivity index (χ2v) is 1.46. The van der Waals surface area contributed by atoms with Gasteiger partial charge in [0, 0.05) is 0 Å². The molecule has 0 aromatic rings. The topological polar surface area (TPSA) is 66.8 Å². The Morgan fingerprint density at radius 2 is 2.11 bits per heavy atom. The number of aliphatic hydroxyl groups is 2. The van der Waals surface area contributed by atoms with Gasteiger partial charge in [0.2, 0.25) is 0 Å². The molecule has 0 atom stereocenters. The zero-order chi connectivity index (χ0) is 7.28. The standard InChI is InChI=1S/C5H9O4/c1-2-3-9-5(8)4(6)7/h6-7H,2-3H2,1H3. The van der Waals surface area contributed by atoms with Crippen LogP contribution in [-0.2, 0) is 9.53 Å². The molecule has 9 heavy (non-hydrogen) atoms. The Balaban J connectivity index is 3.28. The first kappa shape index (κ1) is 8.39. The van der Waals surface area contributed by atoms with Crippen LogP contribution in [0, 0.1) is 6.29 Å². The first-order valence-electron chi connectivity index (χ1n) is 2.60. The maximum atomic E-state index is 10.1. The first-order valence-corrected chi connectivity index (χ1v) is 2.60. The van der Waals surface area contributed by atoms with Crippen molar-refractivity contribution in [2.24, 2.45) is 0 Å². The number of rotatable bonds is 3. The largest absolute Gasteiger partial charge is 0.462 e. The average Bonchev–Trinajstić information content (AvgIpc) is 1.82. The minimum atomic E-state index is -1.29. The molecule has 0 fully saturated rings. The molecule has 0 rings (SSSR count). The molecule has 0 heterocycles. The smallest absolute Gasteiger partial charge is 0.373 e. The van der Waals surface area contributed by atoms with Gasteiger partial charge >= 0.3 is 12.3 Å². The Morgan fingerprint density at radius 1 is 1.56 bits per heavy atom. The third-order valence-electron chi connectivity index (χ3n) is 0.620. The van der Waals surface area contributed by atoms with E-state index in [2.05, 4.69) is 4.74 Å². The van der Waals surface area contributed by atoms with Crippen LogP contribution in [0.1, 0.15) is 13.3 Å². The Labute approximate surface area is 53.1 Å². The molecular weight excluding hydrogens is 124 g/mol. The van der Waals surface area contributed by atoms with E-state index in [1.165, 1.54) is 0 Å². The maximum absolute atomic E-state index is 10.1. The van der Waals surface area contributed by atoms with Crippen molar-refractivity contribution in [1.29, 1.82) is 0 Å². The average molecular weight is 133 g/mol. The van der Waals surface area contributed by atoms with Crippen molar-refractivity contribution in [3.8, 4) is 0 Å². The summed E-state index contributed by atoms with van der Waals surface area (Å²) in [7, 11) is 0. The van der Waals surface area contributed by atoms with Gasteiger partial charge < -0.3 is 14.9 Å². The predicted molar refractivity (Wildman–Crippen MR) is 28.4 cm³/mol. The van der Waals surface area contributed by atoms with Gasteiger partial charge in [0.05, 0.1) is 6.61 Å². The van der Waals surface area contributed by atoms with Gasteiger partial charge in [-0.05, 0) is 6.42 Å². The summed E-state index contributed by atoms with van der Waals surface area (Å²) in [5.41, 5.74) is 0. The molecule has 0 bridgehead atoms. The molecule has 0 spiro atoms. The molecule has 1 radical (unpaired) electrons. The van der Waals surface area contributed by atoms with Gasteiger partial charge in [0.1, 0.15) is 0 Å². The lowest BCUT2D eigenvalue weighted by Crippen LogP contribution is -2.14. The molecule has 4 heteroatoms. The molecule has 0 saturated carbocycles. The Morgan fingerprint density at radius 3 is 2.44 bits per heavy atom. The molecule has 0 aliphatic heterocycles. The molecule has 0 aromatic heterocycles. The maximum Gasteiger partial charge on any atom is 0.373 e. The molecule has 53 valence electrons. The molecule has 0 aliphatic rings. The monoisotopic (exact) mass is 133 g/mol. The summed E-state index contributed by atoms with van der Waals surface area (Å²) in [5, 5.41) is 16.1. The molecular formula is C5H9O4. The van der Waals surface area contributed by atoms with Crippen molar-refractivity contribution >= 4 is 5.97 Å². The molecule has 0 aliphatic carbocycles. The number of ether oxygens (including phenoxy) is 1. The van der Waals surface area contributed by atoms with E-state index in [1.54, 1.807) is 0 Å². The van der Waals surface area contributed by atoms with Gasteiger partial charge in [-0.1, -0.05) is 6.92 Å². The van der Waals surface area contributed by atoms with Gasteiger partial charge in [-0.15, -0.1) is 0 Å². The van der Waals surface area contributed by atoms with Gasteiger partial charge in [-0.2, -0.15) is 0 Å². The van der Waals surface area contributed by atoms with Crippen molar-refractivity contribution in [1.82, 2.24) is 0 Å². The van der Waals surface area contributed by atoms with Gasteiger partial charge in [-0.25, -0.2) is 4.79 Å². The van der Waals surface area contributed by atoms with Crippen LogP contribution in [0.15, 0.2) is 0 Å². The lowest BCUT2D eigenvalue weighted by Gasteiger charge is -2.00. The van der Waals surface area contributed by atoms with Crippen LogP contribution in [0.4, 0.5) is 0 Å². The summed E-state index contributed by atoms with van der Waals surface area (Å²) < 4.78 is 4.28. The zero-order valence-corrected chi connectivity index (χ0v) is 5.13. The third-order valence-corrected chi connectivity index (χ3v) is 0.620. The van der Waals surface area contributed by atoms with E-state index in [0.717, 1.165) is 0 Å². The number of aliphatic hydroxyl groups excluding tert-OH is 1. The molecule has 2 N–H and O–H groups in total. The van der Waals surface area contributed by atoms with Crippen molar-refractivity contribution in [2.45, 2.75) is 13.3 Å². The summed E-state index contributed by atoms with van der Waals surface area (Å²) >= 11 is 0. The lowest BCUT2D eigenvalue weighted by molar-refractivity contribution is -0.155. The highest BCUT2D eigenvalue weighted by molar-refractivity contribution is 5.79. The fourth-order valence-electron chi connectivity index (χ4n) is 0.259. The first-order chi connectivity index (χ1) is 4.18. The highest BCUT2D eigenvalue weighted by Gasteiger charge is 2.13.